The molecule has 0 aromatic carbocycles. The van der Waals surface area contributed by atoms with Crippen LogP contribution in [0.2, 0.25) is 0 Å². The Balaban J connectivity index is 2.82. The highest BCUT2D eigenvalue weighted by Gasteiger charge is 2.03. The number of hydrogen-bond donors (Lipinski definition) is 2. The molecule has 0 saturated heterocycles. The predicted octanol–water partition coefficient (Wildman–Crippen LogP) is 0.687. The van der Waals surface area contributed by atoms with Crippen molar-refractivity contribution in [1.29, 1.82) is 0 Å². The van der Waals surface area contributed by atoms with E-state index in [0.29, 0.717) is 12.1 Å². The zero-order valence-electron chi connectivity index (χ0n) is 6.70. The van der Waals surface area contributed by atoms with E-state index < -0.39 is 0 Å². The Kier molecular flexibility index (Phi) is 2.67. The van der Waals surface area contributed by atoms with E-state index >= 15 is 0 Å². The van der Waals surface area contributed by atoms with Crippen LogP contribution in [-0.2, 0) is 0 Å². The Morgan fingerprint density at radius 2 is 2.33 bits per heavy atom. The lowest BCUT2D eigenvalue weighted by Crippen LogP contribution is -2.09. The van der Waals surface area contributed by atoms with Gasteiger partial charge in [0.25, 0.3) is 0 Å². The topological polar surface area (TPSA) is 64.9 Å². The van der Waals surface area contributed by atoms with Gasteiger partial charge in [-0.15, -0.1) is 12.3 Å². The van der Waals surface area contributed by atoms with Gasteiger partial charge in [0.1, 0.15) is 0 Å². The van der Waals surface area contributed by atoms with Crippen molar-refractivity contribution in [3.8, 4) is 12.3 Å². The lowest BCUT2D eigenvalue weighted by molar-refractivity contribution is 0.750. The first-order chi connectivity index (χ1) is 5.74. The molecule has 0 aliphatic carbocycles. The van der Waals surface area contributed by atoms with Crippen molar-refractivity contribution in [3.63, 3.8) is 0 Å². The smallest absolute Gasteiger partial charge is 0.0503 e. The van der Waals surface area contributed by atoms with E-state index in [1.807, 2.05) is 0 Å². The number of pyridine rings is 1. The van der Waals surface area contributed by atoms with Gasteiger partial charge in [0.05, 0.1) is 5.69 Å². The number of hydrogen-bond acceptors (Lipinski definition) is 3. The van der Waals surface area contributed by atoms with E-state index in [0.717, 1.165) is 5.56 Å². The normalized spacial score (nSPS) is 12.0. The fourth-order valence-corrected chi connectivity index (χ4v) is 0.924. The second kappa shape index (κ2) is 3.74. The largest absolute Gasteiger partial charge is 0.397 e. The molecule has 1 aromatic rings. The predicted molar refractivity (Wildman–Crippen MR) is 49.0 cm³/mol. The molecule has 3 nitrogen and oxygen atoms in total. The summed E-state index contributed by atoms with van der Waals surface area (Å²) in [5, 5.41) is 0. The summed E-state index contributed by atoms with van der Waals surface area (Å²) in [5.41, 5.74) is 12.8. The number of nitrogen functional groups attached to an aromatic ring is 1. The number of anilines is 1. The fourth-order valence-electron chi connectivity index (χ4n) is 0.924. The molecule has 1 rings (SSSR count). The average Bonchev–Trinajstić information content (AvgIpc) is 2.05. The first-order valence-corrected chi connectivity index (χ1v) is 3.63. The monoisotopic (exact) mass is 161 g/mol. The van der Waals surface area contributed by atoms with Crippen LogP contribution in [0.25, 0.3) is 0 Å². The van der Waals surface area contributed by atoms with Crippen molar-refractivity contribution in [2.45, 2.75) is 12.5 Å². The summed E-state index contributed by atoms with van der Waals surface area (Å²) in [7, 11) is 0. The van der Waals surface area contributed by atoms with Crippen LogP contribution in [0, 0.1) is 12.3 Å². The van der Waals surface area contributed by atoms with Crippen molar-refractivity contribution < 1.29 is 0 Å². The summed E-state index contributed by atoms with van der Waals surface area (Å²) < 4.78 is 0. The zero-order chi connectivity index (χ0) is 8.97. The molecular weight excluding hydrogens is 150 g/mol. The van der Waals surface area contributed by atoms with E-state index in [1.165, 1.54) is 0 Å². The van der Waals surface area contributed by atoms with E-state index in [-0.39, 0.29) is 6.04 Å². The number of terminal acetylenes is 1. The molecule has 0 amide bonds. The molecule has 12 heavy (non-hydrogen) atoms. The lowest BCUT2D eigenvalue weighted by Gasteiger charge is -2.07. The molecule has 0 aliphatic heterocycles. The summed E-state index contributed by atoms with van der Waals surface area (Å²) in [5.74, 6) is 2.49. The molecule has 1 heterocycles. The van der Waals surface area contributed by atoms with Crippen LogP contribution < -0.4 is 11.5 Å². The molecule has 1 aromatic heterocycles. The van der Waals surface area contributed by atoms with Crippen LogP contribution in [0.5, 0.6) is 0 Å². The molecular formula is C9H11N3. The fraction of sp³-hybridized carbons (Fsp3) is 0.222. The molecule has 0 bridgehead atoms. The van der Waals surface area contributed by atoms with Crippen LogP contribution in [0.3, 0.4) is 0 Å². The van der Waals surface area contributed by atoms with Gasteiger partial charge in [0.15, 0.2) is 0 Å². The molecule has 1 unspecified atom stereocenters. The van der Waals surface area contributed by atoms with Gasteiger partial charge in [-0.25, -0.2) is 0 Å². The Morgan fingerprint density at radius 3 is 2.92 bits per heavy atom. The lowest BCUT2D eigenvalue weighted by atomic mass is 10.1. The Morgan fingerprint density at radius 1 is 1.58 bits per heavy atom. The van der Waals surface area contributed by atoms with E-state index in [1.54, 1.807) is 18.5 Å². The van der Waals surface area contributed by atoms with Crippen LogP contribution in [0.15, 0.2) is 18.5 Å². The molecule has 0 spiro atoms. The van der Waals surface area contributed by atoms with Crippen molar-refractivity contribution in [3.05, 3.63) is 24.0 Å². The van der Waals surface area contributed by atoms with Gasteiger partial charge in [-0.1, -0.05) is 0 Å². The first-order valence-electron chi connectivity index (χ1n) is 3.63. The third kappa shape index (κ3) is 1.97. The van der Waals surface area contributed by atoms with E-state index in [4.69, 9.17) is 17.9 Å². The molecule has 0 radical (unpaired) electrons. The van der Waals surface area contributed by atoms with Gasteiger partial charge in [-0.3, -0.25) is 4.98 Å². The number of aromatic nitrogens is 1. The molecule has 0 fully saturated rings. The Bertz CT molecular complexity index is 301. The minimum Gasteiger partial charge on any atom is -0.397 e. The summed E-state index contributed by atoms with van der Waals surface area (Å²) in [6.07, 6.45) is 8.88. The van der Waals surface area contributed by atoms with Gasteiger partial charge >= 0.3 is 0 Å². The maximum atomic E-state index is 5.74. The summed E-state index contributed by atoms with van der Waals surface area (Å²) in [6, 6.07) is 1.63. The summed E-state index contributed by atoms with van der Waals surface area (Å²) in [6.45, 7) is 0. The van der Waals surface area contributed by atoms with Crippen molar-refractivity contribution >= 4 is 5.69 Å². The number of nitrogens with two attached hydrogens (primary N) is 2. The Labute approximate surface area is 71.8 Å². The van der Waals surface area contributed by atoms with E-state index in [2.05, 4.69) is 10.9 Å². The maximum absolute atomic E-state index is 5.74. The summed E-state index contributed by atoms with van der Waals surface area (Å²) in [4.78, 5) is 3.91. The van der Waals surface area contributed by atoms with Crippen molar-refractivity contribution in [1.82, 2.24) is 4.98 Å². The molecule has 0 aliphatic rings. The second-order valence-corrected chi connectivity index (χ2v) is 2.57. The maximum Gasteiger partial charge on any atom is 0.0503 e. The van der Waals surface area contributed by atoms with Gasteiger partial charge < -0.3 is 11.5 Å². The highest BCUT2D eigenvalue weighted by molar-refractivity contribution is 5.38. The SMILES string of the molecule is C#CCC(N)c1cncc(N)c1. The highest BCUT2D eigenvalue weighted by atomic mass is 14.7. The molecule has 62 valence electrons. The molecule has 1 atom stereocenters. The van der Waals surface area contributed by atoms with E-state index in [9.17, 15) is 0 Å². The third-order valence-electron chi connectivity index (χ3n) is 1.55. The van der Waals surface area contributed by atoms with Crippen molar-refractivity contribution in [2.24, 2.45) is 5.73 Å². The highest BCUT2D eigenvalue weighted by Crippen LogP contribution is 2.13. The van der Waals surface area contributed by atoms with Gasteiger partial charge in [0.2, 0.25) is 0 Å². The van der Waals surface area contributed by atoms with Crippen molar-refractivity contribution in [2.75, 3.05) is 5.73 Å². The zero-order valence-corrected chi connectivity index (χ0v) is 6.70. The average molecular weight is 161 g/mol. The summed E-state index contributed by atoms with van der Waals surface area (Å²) >= 11 is 0. The number of rotatable bonds is 2. The quantitative estimate of drug-likeness (QED) is 0.627. The number of nitrogens with zero attached hydrogens (tertiary/aromatic N) is 1. The van der Waals surface area contributed by atoms with Crippen LogP contribution >= 0.6 is 0 Å². The molecule has 3 heteroatoms. The molecule has 0 saturated carbocycles. The Hall–Kier alpha value is -1.53. The van der Waals surface area contributed by atoms with Crippen LogP contribution in [0.4, 0.5) is 5.69 Å². The molecule has 4 N–H and O–H groups in total. The van der Waals surface area contributed by atoms with Gasteiger partial charge in [0, 0.05) is 24.9 Å². The third-order valence-corrected chi connectivity index (χ3v) is 1.55. The van der Waals surface area contributed by atoms with Crippen LogP contribution in [-0.4, -0.2) is 4.98 Å². The van der Waals surface area contributed by atoms with Gasteiger partial charge in [-0.05, 0) is 11.6 Å². The first kappa shape index (κ1) is 8.57. The minimum absolute atomic E-state index is 0.161. The van der Waals surface area contributed by atoms with Gasteiger partial charge in [-0.2, -0.15) is 0 Å². The standard InChI is InChI=1S/C9H11N3/c1-2-3-9(11)7-4-8(10)6-12-5-7/h1,4-6,9H,3,10-11H2. The second-order valence-electron chi connectivity index (χ2n) is 2.57. The van der Waals surface area contributed by atoms with Crippen LogP contribution in [0.1, 0.15) is 18.0 Å². The minimum atomic E-state index is -0.161.